The highest BCUT2D eigenvalue weighted by Gasteiger charge is 2.15. The smallest absolute Gasteiger partial charge is 0.257 e. The molecular weight excluding hydrogens is 398 g/mol. The first-order chi connectivity index (χ1) is 14.0. The van der Waals surface area contributed by atoms with Crippen LogP contribution in [0.3, 0.4) is 0 Å². The summed E-state index contributed by atoms with van der Waals surface area (Å²) in [6, 6.07) is 13.8. The minimum atomic E-state index is -0.330. The quantitative estimate of drug-likeness (QED) is 0.597. The zero-order chi connectivity index (χ0) is 22.3. The molecule has 160 valence electrons. The van der Waals surface area contributed by atoms with Crippen molar-refractivity contribution in [3.8, 4) is 5.75 Å². The topological polar surface area (TPSA) is 79.5 Å². The highest BCUT2D eigenvalue weighted by molar-refractivity contribution is 7.80. The molecule has 2 aromatic rings. The Morgan fingerprint density at radius 1 is 1.00 bits per heavy atom. The summed E-state index contributed by atoms with van der Waals surface area (Å²) >= 11 is 5.23. The molecule has 0 aliphatic rings. The SMILES string of the molecule is CC(C)COc1cccc(C(=O)NC(=S)Nc2ccc(C(=O)NC(C)(C)C)cc2)c1. The third-order valence-corrected chi connectivity index (χ3v) is 4.00. The Hall–Kier alpha value is -2.93. The molecule has 2 amide bonds. The third-order valence-electron chi connectivity index (χ3n) is 3.80. The fraction of sp³-hybridized carbons (Fsp3) is 0.348. The Morgan fingerprint density at radius 2 is 1.67 bits per heavy atom. The number of ether oxygens (including phenoxy) is 1. The van der Waals surface area contributed by atoms with Crippen LogP contribution in [-0.4, -0.2) is 29.1 Å². The van der Waals surface area contributed by atoms with E-state index in [1.807, 2.05) is 26.8 Å². The molecule has 0 aliphatic heterocycles. The van der Waals surface area contributed by atoms with Crippen LogP contribution in [0.4, 0.5) is 5.69 Å². The van der Waals surface area contributed by atoms with Crippen LogP contribution < -0.4 is 20.7 Å². The lowest BCUT2D eigenvalue weighted by Crippen LogP contribution is -2.40. The van der Waals surface area contributed by atoms with Gasteiger partial charge in [-0.1, -0.05) is 19.9 Å². The summed E-state index contributed by atoms with van der Waals surface area (Å²) < 4.78 is 5.66. The Balaban J connectivity index is 1.93. The second-order valence-corrected chi connectivity index (χ2v) is 8.83. The molecule has 30 heavy (non-hydrogen) atoms. The van der Waals surface area contributed by atoms with E-state index in [1.165, 1.54) is 0 Å². The minimum Gasteiger partial charge on any atom is -0.493 e. The summed E-state index contributed by atoms with van der Waals surface area (Å²) in [7, 11) is 0. The second-order valence-electron chi connectivity index (χ2n) is 8.42. The van der Waals surface area contributed by atoms with Gasteiger partial charge < -0.3 is 15.4 Å². The highest BCUT2D eigenvalue weighted by Crippen LogP contribution is 2.15. The molecule has 0 saturated carbocycles. The van der Waals surface area contributed by atoms with Gasteiger partial charge in [0.05, 0.1) is 6.61 Å². The van der Waals surface area contributed by atoms with Gasteiger partial charge in [-0.25, -0.2) is 0 Å². The predicted molar refractivity (Wildman–Crippen MR) is 124 cm³/mol. The van der Waals surface area contributed by atoms with Crippen molar-refractivity contribution in [1.82, 2.24) is 10.6 Å². The normalized spacial score (nSPS) is 11.0. The van der Waals surface area contributed by atoms with Gasteiger partial charge in [-0.2, -0.15) is 0 Å². The Morgan fingerprint density at radius 3 is 2.27 bits per heavy atom. The van der Waals surface area contributed by atoms with Gasteiger partial charge in [-0.05, 0) is 81.4 Å². The van der Waals surface area contributed by atoms with Crippen molar-refractivity contribution < 1.29 is 14.3 Å². The van der Waals surface area contributed by atoms with Gasteiger partial charge in [-0.3, -0.25) is 14.9 Å². The van der Waals surface area contributed by atoms with Crippen molar-refractivity contribution in [3.63, 3.8) is 0 Å². The van der Waals surface area contributed by atoms with E-state index < -0.39 is 0 Å². The number of carbonyl (C=O) groups excluding carboxylic acids is 2. The average Bonchev–Trinajstić information content (AvgIpc) is 2.65. The molecule has 0 spiro atoms. The zero-order valence-corrected chi connectivity index (χ0v) is 18.9. The van der Waals surface area contributed by atoms with Crippen LogP contribution in [0.15, 0.2) is 48.5 Å². The lowest BCUT2D eigenvalue weighted by molar-refractivity contribution is 0.0918. The van der Waals surface area contributed by atoms with Crippen LogP contribution in [0.1, 0.15) is 55.3 Å². The van der Waals surface area contributed by atoms with Gasteiger partial charge in [0.2, 0.25) is 0 Å². The molecule has 0 heterocycles. The van der Waals surface area contributed by atoms with Crippen LogP contribution in [0.5, 0.6) is 5.75 Å². The highest BCUT2D eigenvalue weighted by atomic mass is 32.1. The largest absolute Gasteiger partial charge is 0.493 e. The molecule has 2 aromatic carbocycles. The Labute approximate surface area is 183 Å². The number of carbonyl (C=O) groups is 2. The summed E-state index contributed by atoms with van der Waals surface area (Å²) in [6.07, 6.45) is 0. The van der Waals surface area contributed by atoms with Crippen molar-refractivity contribution >= 4 is 34.8 Å². The van der Waals surface area contributed by atoms with E-state index in [0.29, 0.717) is 35.1 Å². The van der Waals surface area contributed by atoms with E-state index in [4.69, 9.17) is 17.0 Å². The van der Waals surface area contributed by atoms with Crippen molar-refractivity contribution in [2.45, 2.75) is 40.2 Å². The first-order valence-corrected chi connectivity index (χ1v) is 10.2. The molecule has 2 rings (SSSR count). The lowest BCUT2D eigenvalue weighted by atomic mass is 10.1. The lowest BCUT2D eigenvalue weighted by Gasteiger charge is -2.20. The van der Waals surface area contributed by atoms with E-state index >= 15 is 0 Å². The number of amides is 2. The number of rotatable bonds is 6. The van der Waals surface area contributed by atoms with E-state index in [-0.39, 0.29) is 22.5 Å². The molecule has 0 atom stereocenters. The number of benzene rings is 2. The second kappa shape index (κ2) is 10.2. The molecule has 0 saturated heterocycles. The van der Waals surface area contributed by atoms with Crippen LogP contribution in [-0.2, 0) is 0 Å². The summed E-state index contributed by atoms with van der Waals surface area (Å²) in [5.74, 6) is 0.553. The Kier molecular flexibility index (Phi) is 7.94. The third kappa shape index (κ3) is 7.83. The maximum atomic E-state index is 12.5. The van der Waals surface area contributed by atoms with Gasteiger partial charge in [0.1, 0.15) is 5.75 Å². The van der Waals surface area contributed by atoms with Gasteiger partial charge in [0.15, 0.2) is 5.11 Å². The number of nitrogens with one attached hydrogen (secondary N) is 3. The molecule has 0 aliphatic carbocycles. The van der Waals surface area contributed by atoms with Crippen LogP contribution in [0, 0.1) is 5.92 Å². The van der Waals surface area contributed by atoms with Crippen molar-refractivity contribution in [2.75, 3.05) is 11.9 Å². The number of anilines is 1. The van der Waals surface area contributed by atoms with E-state index in [9.17, 15) is 9.59 Å². The summed E-state index contributed by atoms with van der Waals surface area (Å²) in [5, 5.41) is 8.67. The summed E-state index contributed by atoms with van der Waals surface area (Å²) in [4.78, 5) is 24.6. The molecule has 0 bridgehead atoms. The fourth-order valence-electron chi connectivity index (χ4n) is 2.45. The van der Waals surface area contributed by atoms with Gasteiger partial charge in [0.25, 0.3) is 11.8 Å². The first kappa shape index (κ1) is 23.3. The predicted octanol–water partition coefficient (Wildman–Crippen LogP) is 4.38. The standard InChI is InChI=1S/C23H29N3O3S/c1-15(2)14-29-19-8-6-7-17(13-19)20(27)25-22(30)24-18-11-9-16(10-12-18)21(28)26-23(3,4)5/h6-13,15H,14H2,1-5H3,(H,26,28)(H2,24,25,27,30). The van der Waals surface area contributed by atoms with E-state index in [2.05, 4.69) is 29.8 Å². The van der Waals surface area contributed by atoms with Crippen LogP contribution in [0.25, 0.3) is 0 Å². The molecule has 0 fully saturated rings. The van der Waals surface area contributed by atoms with Crippen molar-refractivity contribution in [2.24, 2.45) is 5.92 Å². The van der Waals surface area contributed by atoms with Gasteiger partial charge in [-0.15, -0.1) is 0 Å². The number of hydrogen-bond acceptors (Lipinski definition) is 4. The fourth-order valence-corrected chi connectivity index (χ4v) is 2.66. The maximum Gasteiger partial charge on any atom is 0.257 e. The van der Waals surface area contributed by atoms with Crippen LogP contribution >= 0.6 is 12.2 Å². The molecule has 6 nitrogen and oxygen atoms in total. The van der Waals surface area contributed by atoms with E-state index in [1.54, 1.807) is 42.5 Å². The molecule has 3 N–H and O–H groups in total. The summed E-state index contributed by atoms with van der Waals surface area (Å²) in [5.41, 5.74) is 1.36. The average molecular weight is 428 g/mol. The molecule has 0 radical (unpaired) electrons. The summed E-state index contributed by atoms with van der Waals surface area (Å²) in [6.45, 7) is 10.5. The zero-order valence-electron chi connectivity index (χ0n) is 18.0. The first-order valence-electron chi connectivity index (χ1n) is 9.81. The minimum absolute atomic E-state index is 0.149. The monoisotopic (exact) mass is 427 g/mol. The molecule has 0 unspecified atom stereocenters. The molecular formula is C23H29N3O3S. The van der Waals surface area contributed by atoms with E-state index in [0.717, 1.165) is 0 Å². The van der Waals surface area contributed by atoms with Crippen molar-refractivity contribution in [1.29, 1.82) is 0 Å². The van der Waals surface area contributed by atoms with Crippen molar-refractivity contribution in [3.05, 3.63) is 59.7 Å². The van der Waals surface area contributed by atoms with Crippen LogP contribution in [0.2, 0.25) is 0 Å². The number of hydrogen-bond donors (Lipinski definition) is 3. The van der Waals surface area contributed by atoms with Gasteiger partial charge in [0, 0.05) is 22.4 Å². The molecule has 0 aromatic heterocycles. The van der Waals surface area contributed by atoms with Gasteiger partial charge >= 0.3 is 0 Å². The molecule has 7 heteroatoms. The number of thiocarbonyl (C=S) groups is 1. The maximum absolute atomic E-state index is 12.5. The Bertz CT molecular complexity index is 903.